The third kappa shape index (κ3) is 4.14. The van der Waals surface area contributed by atoms with E-state index in [1.807, 2.05) is 0 Å². The molecule has 8 aromatic carbocycles. The Hall–Kier alpha value is -6.84. The summed E-state index contributed by atoms with van der Waals surface area (Å²) in [4.78, 5) is 0. The summed E-state index contributed by atoms with van der Waals surface area (Å²) in [6.07, 6.45) is 0. The summed E-state index contributed by atoms with van der Waals surface area (Å²) in [5.41, 5.74) is 14.5. The van der Waals surface area contributed by atoms with Crippen LogP contribution in [0.5, 0.6) is 0 Å². The Kier molecular flexibility index (Phi) is 6.17. The van der Waals surface area contributed by atoms with Crippen molar-refractivity contribution in [2.75, 3.05) is 0 Å². The molecule has 0 atom stereocenters. The first-order chi connectivity index (χ1) is 25.7. The van der Waals surface area contributed by atoms with Crippen LogP contribution in [-0.2, 0) is 7.05 Å². The molecule has 0 unspecified atom stereocenters. The molecular weight excluding hydrogens is 631 g/mol. The highest BCUT2D eigenvalue weighted by Crippen LogP contribution is 2.41. The maximum absolute atomic E-state index is 2.45. The van der Waals surface area contributed by atoms with E-state index in [9.17, 15) is 0 Å². The average molecular weight is 664 g/mol. The van der Waals surface area contributed by atoms with Crippen LogP contribution in [0.15, 0.2) is 182 Å². The number of benzene rings is 8. The van der Waals surface area contributed by atoms with Crippen molar-refractivity contribution in [3.63, 3.8) is 0 Å². The first-order valence-electron chi connectivity index (χ1n) is 17.9. The van der Waals surface area contributed by atoms with E-state index in [1.165, 1.54) is 87.7 Å². The summed E-state index contributed by atoms with van der Waals surface area (Å²) in [5.74, 6) is 0. The van der Waals surface area contributed by atoms with E-state index in [2.05, 4.69) is 203 Å². The number of fused-ring (bicyclic) bond motifs is 10. The molecule has 3 aromatic heterocycles. The molecule has 0 aliphatic heterocycles. The molecule has 0 radical (unpaired) electrons. The molecule has 3 nitrogen and oxygen atoms in total. The molecule has 0 saturated carbocycles. The summed E-state index contributed by atoms with van der Waals surface area (Å²) in [6, 6.07) is 66.5. The van der Waals surface area contributed by atoms with Gasteiger partial charge in [-0.2, -0.15) is 0 Å². The lowest BCUT2D eigenvalue weighted by molar-refractivity contribution is 1.02. The quantitative estimate of drug-likeness (QED) is 0.178. The van der Waals surface area contributed by atoms with Gasteiger partial charge in [0.25, 0.3) is 0 Å². The van der Waals surface area contributed by atoms with Gasteiger partial charge in [0.2, 0.25) is 0 Å². The highest BCUT2D eigenvalue weighted by Gasteiger charge is 2.20. The normalized spacial score (nSPS) is 11.9. The molecule has 0 aliphatic carbocycles. The Morgan fingerprint density at radius 3 is 1.62 bits per heavy atom. The van der Waals surface area contributed by atoms with Crippen molar-refractivity contribution < 1.29 is 0 Å². The van der Waals surface area contributed by atoms with Gasteiger partial charge < -0.3 is 13.7 Å². The Morgan fingerprint density at radius 2 is 0.827 bits per heavy atom. The van der Waals surface area contributed by atoms with Gasteiger partial charge >= 0.3 is 0 Å². The zero-order chi connectivity index (χ0) is 34.3. The van der Waals surface area contributed by atoms with Crippen molar-refractivity contribution >= 4 is 65.4 Å². The van der Waals surface area contributed by atoms with Gasteiger partial charge in [0, 0.05) is 56.3 Å². The molecule has 11 aromatic rings. The summed E-state index contributed by atoms with van der Waals surface area (Å²) in [7, 11) is 2.20. The van der Waals surface area contributed by atoms with Crippen LogP contribution in [0.4, 0.5) is 0 Å². The SMILES string of the molecule is Cn1c2ccccc2c2ccc3c(c4ccccc4n3-c3ccc4c5ccccc5n(-c5cccc(-c6cccc(-c7ccccc7)c6)c5)c4c3)c21. The molecule has 0 N–H and O–H groups in total. The molecule has 11 rings (SSSR count). The number of aryl methyl sites for hydroxylation is 1. The first-order valence-corrected chi connectivity index (χ1v) is 17.9. The molecule has 0 saturated heterocycles. The summed E-state index contributed by atoms with van der Waals surface area (Å²) < 4.78 is 7.26. The van der Waals surface area contributed by atoms with Crippen LogP contribution in [0.1, 0.15) is 0 Å². The van der Waals surface area contributed by atoms with Crippen molar-refractivity contribution in [2.24, 2.45) is 7.05 Å². The molecule has 52 heavy (non-hydrogen) atoms. The van der Waals surface area contributed by atoms with Gasteiger partial charge in [0.05, 0.1) is 27.6 Å². The number of para-hydroxylation sites is 3. The Labute approximate surface area is 300 Å². The standard InChI is InChI=1S/C49H33N3/c1-50-43-22-8-5-20-39(43)41-27-28-46-48(49(41)50)42-21-7-10-24-45(42)51(46)37-25-26-40-38-19-6-9-23-44(38)52(47(40)31-37)36-18-12-17-35(30-36)34-16-11-15-33(29-34)32-13-3-2-4-14-32/h2-31H,1H3. The van der Waals surface area contributed by atoms with E-state index in [1.54, 1.807) is 0 Å². The molecular formula is C49H33N3. The number of aromatic nitrogens is 3. The second-order valence-corrected chi connectivity index (χ2v) is 13.8. The minimum Gasteiger partial charge on any atom is -0.343 e. The predicted molar refractivity (Wildman–Crippen MR) is 220 cm³/mol. The van der Waals surface area contributed by atoms with Crippen LogP contribution in [0.2, 0.25) is 0 Å². The summed E-state index contributed by atoms with van der Waals surface area (Å²) >= 11 is 0. The molecule has 244 valence electrons. The van der Waals surface area contributed by atoms with Crippen LogP contribution in [0, 0.1) is 0 Å². The van der Waals surface area contributed by atoms with Crippen LogP contribution in [-0.4, -0.2) is 13.7 Å². The van der Waals surface area contributed by atoms with Crippen molar-refractivity contribution in [2.45, 2.75) is 0 Å². The summed E-state index contributed by atoms with van der Waals surface area (Å²) in [6.45, 7) is 0. The van der Waals surface area contributed by atoms with Crippen LogP contribution in [0.25, 0.3) is 99.0 Å². The van der Waals surface area contributed by atoms with Crippen molar-refractivity contribution in [1.29, 1.82) is 0 Å². The van der Waals surface area contributed by atoms with Gasteiger partial charge in [-0.15, -0.1) is 0 Å². The Bertz CT molecular complexity index is 3190. The third-order valence-electron chi connectivity index (χ3n) is 11.0. The zero-order valence-corrected chi connectivity index (χ0v) is 28.7. The minimum atomic E-state index is 1.14. The van der Waals surface area contributed by atoms with Gasteiger partial charge in [0.15, 0.2) is 0 Å². The lowest BCUT2D eigenvalue weighted by Gasteiger charge is -2.13. The third-order valence-corrected chi connectivity index (χ3v) is 11.0. The number of rotatable bonds is 4. The van der Waals surface area contributed by atoms with Gasteiger partial charge in [-0.05, 0) is 76.9 Å². The Morgan fingerprint density at radius 1 is 0.308 bits per heavy atom. The lowest BCUT2D eigenvalue weighted by Crippen LogP contribution is -1.97. The van der Waals surface area contributed by atoms with Crippen molar-refractivity contribution in [3.05, 3.63) is 182 Å². The highest BCUT2D eigenvalue weighted by atomic mass is 15.0. The molecule has 3 heterocycles. The maximum atomic E-state index is 2.45. The Balaban J connectivity index is 1.15. The fraction of sp³-hybridized carbons (Fsp3) is 0.0204. The molecule has 0 fully saturated rings. The smallest absolute Gasteiger partial charge is 0.0590 e. The van der Waals surface area contributed by atoms with E-state index in [0.29, 0.717) is 0 Å². The van der Waals surface area contributed by atoms with Crippen LogP contribution in [0.3, 0.4) is 0 Å². The van der Waals surface area contributed by atoms with Crippen LogP contribution >= 0.6 is 0 Å². The van der Waals surface area contributed by atoms with Crippen molar-refractivity contribution in [1.82, 2.24) is 13.7 Å². The second-order valence-electron chi connectivity index (χ2n) is 13.8. The number of nitrogens with zero attached hydrogens (tertiary/aromatic N) is 3. The second kappa shape index (κ2) is 11.1. The maximum Gasteiger partial charge on any atom is 0.0590 e. The molecule has 0 amide bonds. The van der Waals surface area contributed by atoms with Gasteiger partial charge in [0.1, 0.15) is 0 Å². The van der Waals surface area contributed by atoms with E-state index >= 15 is 0 Å². The van der Waals surface area contributed by atoms with Gasteiger partial charge in [-0.3, -0.25) is 0 Å². The van der Waals surface area contributed by atoms with E-state index in [-0.39, 0.29) is 0 Å². The van der Waals surface area contributed by atoms with E-state index in [0.717, 1.165) is 11.4 Å². The topological polar surface area (TPSA) is 14.8 Å². The summed E-state index contributed by atoms with van der Waals surface area (Å²) in [5, 5.41) is 7.63. The fourth-order valence-electron chi connectivity index (χ4n) is 8.71. The molecule has 3 heteroatoms. The minimum absolute atomic E-state index is 1.14. The molecule has 0 spiro atoms. The molecule has 0 bridgehead atoms. The number of hydrogen-bond donors (Lipinski definition) is 0. The predicted octanol–water partition coefficient (Wildman–Crippen LogP) is 12.9. The highest BCUT2D eigenvalue weighted by molar-refractivity contribution is 6.25. The number of hydrogen-bond acceptors (Lipinski definition) is 0. The van der Waals surface area contributed by atoms with Gasteiger partial charge in [-0.1, -0.05) is 127 Å². The van der Waals surface area contributed by atoms with Crippen LogP contribution < -0.4 is 0 Å². The van der Waals surface area contributed by atoms with E-state index in [4.69, 9.17) is 0 Å². The molecule has 0 aliphatic rings. The zero-order valence-electron chi connectivity index (χ0n) is 28.7. The first kappa shape index (κ1) is 28.9. The largest absolute Gasteiger partial charge is 0.343 e. The average Bonchev–Trinajstić information content (AvgIpc) is 3.83. The van der Waals surface area contributed by atoms with Gasteiger partial charge in [-0.25, -0.2) is 0 Å². The monoisotopic (exact) mass is 663 g/mol. The van der Waals surface area contributed by atoms with E-state index < -0.39 is 0 Å². The lowest BCUT2D eigenvalue weighted by atomic mass is 9.99. The fourth-order valence-corrected chi connectivity index (χ4v) is 8.71. The van der Waals surface area contributed by atoms with Crippen molar-refractivity contribution in [3.8, 4) is 33.6 Å².